The van der Waals surface area contributed by atoms with Gasteiger partial charge in [0.25, 0.3) is 17.2 Å². The van der Waals surface area contributed by atoms with Crippen LogP contribution in [0.5, 0.6) is 5.75 Å². The zero-order valence-electron chi connectivity index (χ0n) is 15.9. The second-order valence-electron chi connectivity index (χ2n) is 6.47. The minimum atomic E-state index is -0.495. The van der Waals surface area contributed by atoms with E-state index in [1.807, 2.05) is 13.0 Å². The molecule has 3 rings (SSSR count). The average Bonchev–Trinajstić information content (AvgIpc) is 2.70. The monoisotopic (exact) mass is 393 g/mol. The Morgan fingerprint density at radius 1 is 1.17 bits per heavy atom. The van der Waals surface area contributed by atoms with Crippen LogP contribution in [0.25, 0.3) is 0 Å². The highest BCUT2D eigenvalue weighted by Gasteiger charge is 2.12. The van der Waals surface area contributed by atoms with Crippen molar-refractivity contribution in [1.29, 1.82) is 0 Å². The lowest BCUT2D eigenvalue weighted by Crippen LogP contribution is -2.22. The molecule has 0 bridgehead atoms. The van der Waals surface area contributed by atoms with Gasteiger partial charge in [-0.3, -0.25) is 19.7 Å². The molecule has 1 aromatic heterocycles. The second kappa shape index (κ2) is 8.39. The molecule has 0 atom stereocenters. The van der Waals surface area contributed by atoms with E-state index in [2.05, 4.69) is 5.32 Å². The summed E-state index contributed by atoms with van der Waals surface area (Å²) in [5, 5.41) is 13.7. The zero-order valence-corrected chi connectivity index (χ0v) is 15.9. The van der Waals surface area contributed by atoms with Gasteiger partial charge in [-0.2, -0.15) is 0 Å². The van der Waals surface area contributed by atoms with Crippen molar-refractivity contribution in [2.75, 3.05) is 12.4 Å². The fraction of sp³-hybridized carbons (Fsp3) is 0.143. The Morgan fingerprint density at radius 3 is 2.69 bits per heavy atom. The highest BCUT2D eigenvalue weighted by molar-refractivity contribution is 6.04. The van der Waals surface area contributed by atoms with Crippen LogP contribution < -0.4 is 15.6 Å². The number of rotatable bonds is 6. The Kier molecular flexibility index (Phi) is 5.73. The summed E-state index contributed by atoms with van der Waals surface area (Å²) in [6.07, 6.45) is 1.43. The number of pyridine rings is 1. The van der Waals surface area contributed by atoms with Crippen LogP contribution in [0.15, 0.2) is 65.6 Å². The first-order valence-corrected chi connectivity index (χ1v) is 8.77. The molecule has 0 aliphatic rings. The van der Waals surface area contributed by atoms with Crippen LogP contribution in [0.4, 0.5) is 11.4 Å². The first kappa shape index (κ1) is 19.8. The van der Waals surface area contributed by atoms with Crippen LogP contribution in [0, 0.1) is 17.0 Å². The van der Waals surface area contributed by atoms with Gasteiger partial charge in [0.15, 0.2) is 0 Å². The molecule has 2 aromatic carbocycles. The van der Waals surface area contributed by atoms with Crippen molar-refractivity contribution in [2.45, 2.75) is 13.5 Å². The number of benzene rings is 2. The molecular weight excluding hydrogens is 374 g/mol. The Labute approximate surface area is 166 Å². The number of nitrogens with zero attached hydrogens (tertiary/aromatic N) is 2. The van der Waals surface area contributed by atoms with Gasteiger partial charge in [-0.15, -0.1) is 0 Å². The second-order valence-corrected chi connectivity index (χ2v) is 6.47. The van der Waals surface area contributed by atoms with Crippen molar-refractivity contribution in [3.05, 3.63) is 98.0 Å². The fourth-order valence-electron chi connectivity index (χ4n) is 2.87. The maximum atomic E-state index is 12.7. The van der Waals surface area contributed by atoms with Gasteiger partial charge in [0.05, 0.1) is 29.8 Å². The molecule has 0 saturated carbocycles. The number of nitrogens with one attached hydrogen (secondary N) is 1. The zero-order chi connectivity index (χ0) is 21.0. The number of carbonyl (C=O) groups is 1. The van der Waals surface area contributed by atoms with E-state index in [9.17, 15) is 19.7 Å². The summed E-state index contributed by atoms with van der Waals surface area (Å²) in [6, 6.07) is 14.2. The van der Waals surface area contributed by atoms with Crippen molar-refractivity contribution in [3.8, 4) is 5.75 Å². The van der Waals surface area contributed by atoms with E-state index < -0.39 is 10.8 Å². The molecule has 0 radical (unpaired) electrons. The number of anilines is 1. The number of carbonyl (C=O) groups excluding carboxylic acids is 1. The third-order valence-corrected chi connectivity index (χ3v) is 4.32. The lowest BCUT2D eigenvalue weighted by molar-refractivity contribution is -0.384. The number of nitro groups is 1. The third-order valence-electron chi connectivity index (χ3n) is 4.32. The van der Waals surface area contributed by atoms with E-state index in [0.29, 0.717) is 17.0 Å². The summed E-state index contributed by atoms with van der Waals surface area (Å²) in [6.45, 7) is 2.00. The van der Waals surface area contributed by atoms with Crippen LogP contribution in [-0.2, 0) is 6.54 Å². The van der Waals surface area contributed by atoms with E-state index >= 15 is 0 Å². The number of hydrogen-bond acceptors (Lipinski definition) is 5. The van der Waals surface area contributed by atoms with Gasteiger partial charge < -0.3 is 14.6 Å². The lowest BCUT2D eigenvalue weighted by Gasteiger charge is -2.12. The molecule has 1 N–H and O–H groups in total. The molecule has 1 heterocycles. The predicted octanol–water partition coefficient (Wildman–Crippen LogP) is 3.37. The Morgan fingerprint density at radius 2 is 1.97 bits per heavy atom. The van der Waals surface area contributed by atoms with Crippen molar-refractivity contribution in [3.63, 3.8) is 0 Å². The summed E-state index contributed by atoms with van der Waals surface area (Å²) in [7, 11) is 1.51. The van der Waals surface area contributed by atoms with Crippen LogP contribution in [0.2, 0.25) is 0 Å². The number of aromatic nitrogens is 1. The summed E-state index contributed by atoms with van der Waals surface area (Å²) >= 11 is 0. The van der Waals surface area contributed by atoms with Gasteiger partial charge in [0.1, 0.15) is 5.75 Å². The van der Waals surface area contributed by atoms with E-state index in [1.165, 1.54) is 42.1 Å². The fourth-order valence-corrected chi connectivity index (χ4v) is 2.87. The molecule has 8 heteroatoms. The van der Waals surface area contributed by atoms with Gasteiger partial charge in [0, 0.05) is 24.4 Å². The molecular formula is C21H19N3O5. The van der Waals surface area contributed by atoms with Gasteiger partial charge in [-0.1, -0.05) is 18.2 Å². The van der Waals surface area contributed by atoms with E-state index in [0.717, 1.165) is 5.56 Å². The van der Waals surface area contributed by atoms with E-state index in [-0.39, 0.29) is 23.4 Å². The molecule has 0 aliphatic carbocycles. The molecule has 0 saturated heterocycles. The van der Waals surface area contributed by atoms with Gasteiger partial charge in [-0.25, -0.2) is 0 Å². The molecule has 148 valence electrons. The average molecular weight is 393 g/mol. The topological polar surface area (TPSA) is 103 Å². The van der Waals surface area contributed by atoms with E-state index in [1.54, 1.807) is 24.3 Å². The largest absolute Gasteiger partial charge is 0.495 e. The maximum Gasteiger partial charge on any atom is 0.269 e. The van der Waals surface area contributed by atoms with E-state index in [4.69, 9.17) is 4.74 Å². The van der Waals surface area contributed by atoms with Gasteiger partial charge >= 0.3 is 0 Å². The molecule has 0 unspecified atom stereocenters. The molecule has 1 amide bonds. The number of ether oxygens (including phenoxy) is 1. The first-order valence-electron chi connectivity index (χ1n) is 8.77. The number of methoxy groups -OCH3 is 1. The Balaban J connectivity index is 1.86. The minimum Gasteiger partial charge on any atom is -0.495 e. The van der Waals surface area contributed by atoms with Crippen molar-refractivity contribution in [1.82, 2.24) is 4.57 Å². The Bertz CT molecular complexity index is 1140. The van der Waals surface area contributed by atoms with Crippen molar-refractivity contribution >= 4 is 17.3 Å². The lowest BCUT2D eigenvalue weighted by atomic mass is 10.1. The van der Waals surface area contributed by atoms with Gasteiger partial charge in [-0.05, 0) is 36.2 Å². The SMILES string of the molecule is COc1ccc(C)cc1NC(=O)c1ccc(=O)n(Cc2cccc([N+](=O)[O-])c2)c1. The maximum absolute atomic E-state index is 12.7. The van der Waals surface area contributed by atoms with Crippen molar-refractivity contribution < 1.29 is 14.5 Å². The smallest absolute Gasteiger partial charge is 0.269 e. The summed E-state index contributed by atoms with van der Waals surface area (Å²) < 4.78 is 6.60. The standard InChI is InChI=1S/C21H19N3O5/c1-14-6-8-19(29-2)18(10-14)22-21(26)16-7-9-20(25)23(13-16)12-15-4-3-5-17(11-15)24(27)28/h3-11,13H,12H2,1-2H3,(H,22,26). The number of amides is 1. The van der Waals surface area contributed by atoms with Crippen LogP contribution >= 0.6 is 0 Å². The van der Waals surface area contributed by atoms with Crippen LogP contribution in [-0.4, -0.2) is 22.5 Å². The summed E-state index contributed by atoms with van der Waals surface area (Å²) in [4.78, 5) is 35.3. The molecule has 8 nitrogen and oxygen atoms in total. The normalized spacial score (nSPS) is 10.4. The molecule has 0 aliphatic heterocycles. The molecule has 29 heavy (non-hydrogen) atoms. The van der Waals surface area contributed by atoms with Crippen molar-refractivity contribution in [2.24, 2.45) is 0 Å². The summed E-state index contributed by atoms with van der Waals surface area (Å²) in [5.74, 6) is 0.121. The summed E-state index contributed by atoms with van der Waals surface area (Å²) in [5.41, 5.74) is 1.96. The predicted molar refractivity (Wildman–Crippen MR) is 109 cm³/mol. The molecule has 0 fully saturated rings. The first-order chi connectivity index (χ1) is 13.9. The Hall–Kier alpha value is -3.94. The highest BCUT2D eigenvalue weighted by Crippen LogP contribution is 2.25. The number of non-ortho nitro benzene ring substituents is 1. The molecule has 3 aromatic rings. The quantitative estimate of drug-likeness (QED) is 0.511. The minimum absolute atomic E-state index is 0.0593. The van der Waals surface area contributed by atoms with Gasteiger partial charge in [0.2, 0.25) is 0 Å². The number of nitro benzene ring substituents is 1. The number of hydrogen-bond donors (Lipinski definition) is 1. The third kappa shape index (κ3) is 4.67. The van der Waals surface area contributed by atoms with Crippen LogP contribution in [0.3, 0.4) is 0 Å². The number of aryl methyl sites for hydroxylation is 1. The van der Waals surface area contributed by atoms with Crippen LogP contribution in [0.1, 0.15) is 21.5 Å². The molecule has 0 spiro atoms. The highest BCUT2D eigenvalue weighted by atomic mass is 16.6.